The zero-order chi connectivity index (χ0) is 12.8. The molecular weight excluding hydrogens is 222 g/mol. The summed E-state index contributed by atoms with van der Waals surface area (Å²) in [6.45, 7) is 2.22. The number of nitrogens with one attached hydrogen (secondary N) is 1. The number of benzene rings is 2. The van der Waals surface area contributed by atoms with E-state index in [1.165, 1.54) is 23.6 Å². The zero-order valence-corrected chi connectivity index (χ0v) is 10.4. The van der Waals surface area contributed by atoms with Crippen molar-refractivity contribution in [1.29, 1.82) is 0 Å². The maximum atomic E-state index is 10.8. The minimum Gasteiger partial charge on any atom is -0.356 e. The van der Waals surface area contributed by atoms with Gasteiger partial charge >= 0.3 is 0 Å². The molecule has 0 fully saturated rings. The minimum absolute atomic E-state index is 0.0199. The van der Waals surface area contributed by atoms with Crippen molar-refractivity contribution in [3.63, 3.8) is 0 Å². The van der Waals surface area contributed by atoms with E-state index < -0.39 is 0 Å². The molecule has 0 bridgehead atoms. The van der Waals surface area contributed by atoms with Crippen LogP contribution in [-0.4, -0.2) is 12.5 Å². The van der Waals surface area contributed by atoms with Gasteiger partial charge < -0.3 is 5.32 Å². The first-order chi connectivity index (χ1) is 8.75. The molecule has 0 aliphatic rings. The van der Waals surface area contributed by atoms with Crippen molar-refractivity contribution >= 4 is 5.91 Å². The number of amides is 1. The van der Waals surface area contributed by atoms with E-state index in [9.17, 15) is 4.79 Å². The summed E-state index contributed by atoms with van der Waals surface area (Å²) >= 11 is 0. The molecule has 1 radical (unpaired) electrons. The number of carbonyl (C=O) groups is 1. The molecule has 0 saturated carbocycles. The number of carbonyl (C=O) groups excluding carboxylic acids is 1. The fourth-order valence-corrected chi connectivity index (χ4v) is 1.82. The van der Waals surface area contributed by atoms with Gasteiger partial charge in [0.15, 0.2) is 0 Å². The molecule has 91 valence electrons. The summed E-state index contributed by atoms with van der Waals surface area (Å²) in [6.07, 6.45) is 0.862. The van der Waals surface area contributed by atoms with Gasteiger partial charge in [0.1, 0.15) is 0 Å². The van der Waals surface area contributed by atoms with Gasteiger partial charge in [-0.25, -0.2) is 0 Å². The van der Waals surface area contributed by atoms with E-state index in [-0.39, 0.29) is 5.91 Å². The molecule has 2 aromatic carbocycles. The van der Waals surface area contributed by atoms with Gasteiger partial charge in [0.25, 0.3) is 0 Å². The Bertz CT molecular complexity index is 502. The summed E-state index contributed by atoms with van der Waals surface area (Å²) in [7, 11) is 0. The van der Waals surface area contributed by atoms with Crippen LogP contribution in [-0.2, 0) is 11.2 Å². The van der Waals surface area contributed by atoms with Crippen LogP contribution in [0.15, 0.2) is 48.5 Å². The van der Waals surface area contributed by atoms with Crippen molar-refractivity contribution in [2.75, 3.05) is 6.54 Å². The van der Waals surface area contributed by atoms with Gasteiger partial charge in [-0.05, 0) is 35.2 Å². The molecule has 18 heavy (non-hydrogen) atoms. The van der Waals surface area contributed by atoms with Gasteiger partial charge in [-0.15, -0.1) is 0 Å². The van der Waals surface area contributed by atoms with Crippen LogP contribution in [0.5, 0.6) is 0 Å². The Morgan fingerprint density at radius 3 is 2.56 bits per heavy atom. The average molecular weight is 238 g/mol. The Morgan fingerprint density at radius 1 is 1.17 bits per heavy atom. The highest BCUT2D eigenvalue weighted by Crippen LogP contribution is 2.18. The Balaban J connectivity index is 2.00. The lowest BCUT2D eigenvalue weighted by molar-refractivity contribution is -0.118. The molecule has 2 aromatic rings. The molecule has 0 aliphatic carbocycles. The van der Waals surface area contributed by atoms with Gasteiger partial charge in [0.05, 0.1) is 0 Å². The fraction of sp³-hybridized carbons (Fsp3) is 0.188. The Morgan fingerprint density at radius 2 is 1.94 bits per heavy atom. The molecular formula is C16H16NO. The van der Waals surface area contributed by atoms with E-state index in [1.54, 1.807) is 0 Å². The zero-order valence-electron chi connectivity index (χ0n) is 10.4. The monoisotopic (exact) mass is 238 g/mol. The molecule has 0 unspecified atom stereocenters. The second-order valence-corrected chi connectivity index (χ2v) is 4.22. The number of hydrogen-bond donors (Lipinski definition) is 1. The van der Waals surface area contributed by atoms with Crippen molar-refractivity contribution in [1.82, 2.24) is 5.32 Å². The quantitative estimate of drug-likeness (QED) is 0.872. The molecule has 1 amide bonds. The lowest BCUT2D eigenvalue weighted by Crippen LogP contribution is -2.22. The lowest BCUT2D eigenvalue weighted by atomic mass is 10.0. The maximum Gasteiger partial charge on any atom is 0.216 e. The first kappa shape index (κ1) is 12.4. The van der Waals surface area contributed by atoms with Crippen molar-refractivity contribution in [3.8, 4) is 11.1 Å². The predicted octanol–water partition coefficient (Wildman–Crippen LogP) is 2.83. The van der Waals surface area contributed by atoms with Gasteiger partial charge in [-0.1, -0.05) is 42.5 Å². The van der Waals surface area contributed by atoms with E-state index in [1.807, 2.05) is 18.2 Å². The third-order valence-electron chi connectivity index (χ3n) is 2.78. The van der Waals surface area contributed by atoms with E-state index in [2.05, 4.69) is 41.7 Å². The number of hydrogen-bond acceptors (Lipinski definition) is 1. The normalized spacial score (nSPS) is 10.1. The summed E-state index contributed by atoms with van der Waals surface area (Å²) in [5.74, 6) is 0.0199. The van der Waals surface area contributed by atoms with Crippen LogP contribution in [0.2, 0.25) is 0 Å². The molecule has 2 rings (SSSR count). The predicted molar refractivity (Wildman–Crippen MR) is 73.1 cm³/mol. The summed E-state index contributed by atoms with van der Waals surface area (Å²) in [6, 6.07) is 19.4. The highest BCUT2D eigenvalue weighted by Gasteiger charge is 1.98. The molecule has 1 N–H and O–H groups in total. The van der Waals surface area contributed by atoms with E-state index >= 15 is 0 Å². The Kier molecular flexibility index (Phi) is 4.13. The van der Waals surface area contributed by atoms with Crippen LogP contribution in [0, 0.1) is 6.07 Å². The minimum atomic E-state index is 0.0199. The average Bonchev–Trinajstić information content (AvgIpc) is 2.40. The molecule has 2 heteroatoms. The lowest BCUT2D eigenvalue weighted by Gasteiger charge is -2.05. The number of rotatable bonds is 4. The molecule has 0 aliphatic heterocycles. The van der Waals surface area contributed by atoms with Crippen LogP contribution in [0.4, 0.5) is 0 Å². The first-order valence-corrected chi connectivity index (χ1v) is 6.05. The Labute approximate surface area is 108 Å². The second-order valence-electron chi connectivity index (χ2n) is 4.22. The van der Waals surface area contributed by atoms with Crippen molar-refractivity contribution < 1.29 is 4.79 Å². The third kappa shape index (κ3) is 3.45. The van der Waals surface area contributed by atoms with Crippen molar-refractivity contribution in [2.45, 2.75) is 13.3 Å². The fourth-order valence-electron chi connectivity index (χ4n) is 1.82. The maximum absolute atomic E-state index is 10.8. The van der Waals surface area contributed by atoms with Gasteiger partial charge in [0.2, 0.25) is 5.91 Å². The van der Waals surface area contributed by atoms with E-state index in [4.69, 9.17) is 0 Å². The SMILES string of the molecule is CC(=O)NCCc1ccc(-c2c[c]ccc2)cc1. The summed E-state index contributed by atoms with van der Waals surface area (Å²) in [5.41, 5.74) is 3.59. The van der Waals surface area contributed by atoms with Gasteiger partial charge in [-0.3, -0.25) is 4.79 Å². The molecule has 2 nitrogen and oxygen atoms in total. The van der Waals surface area contributed by atoms with Gasteiger partial charge in [-0.2, -0.15) is 0 Å². The molecule has 0 saturated heterocycles. The van der Waals surface area contributed by atoms with E-state index in [0.717, 1.165) is 6.42 Å². The largest absolute Gasteiger partial charge is 0.356 e. The molecule has 0 atom stereocenters. The highest BCUT2D eigenvalue weighted by atomic mass is 16.1. The summed E-state index contributed by atoms with van der Waals surface area (Å²) in [5, 5.41) is 2.80. The molecule has 0 heterocycles. The Hall–Kier alpha value is -2.09. The molecule has 0 spiro atoms. The van der Waals surface area contributed by atoms with Crippen LogP contribution in [0.25, 0.3) is 11.1 Å². The second kappa shape index (κ2) is 6.01. The van der Waals surface area contributed by atoms with Gasteiger partial charge in [0, 0.05) is 13.5 Å². The summed E-state index contributed by atoms with van der Waals surface area (Å²) in [4.78, 5) is 10.8. The van der Waals surface area contributed by atoms with Crippen LogP contribution in [0.1, 0.15) is 12.5 Å². The first-order valence-electron chi connectivity index (χ1n) is 6.05. The smallest absolute Gasteiger partial charge is 0.216 e. The van der Waals surface area contributed by atoms with E-state index in [0.29, 0.717) is 6.54 Å². The van der Waals surface area contributed by atoms with Crippen LogP contribution < -0.4 is 5.32 Å². The standard InChI is InChI=1S/C16H16NO/c1-13(18)17-12-11-14-7-9-16(10-8-14)15-5-3-2-4-6-15/h2-3,5-10H,11-12H2,1H3,(H,17,18). The third-order valence-corrected chi connectivity index (χ3v) is 2.78. The topological polar surface area (TPSA) is 29.1 Å². The molecule has 0 aromatic heterocycles. The highest BCUT2D eigenvalue weighted by molar-refractivity contribution is 5.72. The summed E-state index contributed by atoms with van der Waals surface area (Å²) < 4.78 is 0. The van der Waals surface area contributed by atoms with Crippen molar-refractivity contribution in [2.24, 2.45) is 0 Å². The van der Waals surface area contributed by atoms with Crippen LogP contribution in [0.3, 0.4) is 0 Å². The van der Waals surface area contributed by atoms with Crippen molar-refractivity contribution in [3.05, 3.63) is 60.2 Å². The van der Waals surface area contributed by atoms with Crippen LogP contribution >= 0.6 is 0 Å².